The van der Waals surface area contributed by atoms with Crippen molar-refractivity contribution in [2.45, 2.75) is 78.9 Å². The second-order valence-corrected chi connectivity index (χ2v) is 42.3. The van der Waals surface area contributed by atoms with Crippen molar-refractivity contribution >= 4 is 179 Å². The molecule has 141 heavy (non-hydrogen) atoms. The van der Waals surface area contributed by atoms with E-state index >= 15 is 0 Å². The van der Waals surface area contributed by atoms with Gasteiger partial charge in [-0.2, -0.15) is 4.39 Å². The van der Waals surface area contributed by atoms with Gasteiger partial charge >= 0.3 is 25.0 Å². The van der Waals surface area contributed by atoms with Gasteiger partial charge in [0, 0.05) is 191 Å². The molecule has 1 aliphatic carbocycles. The van der Waals surface area contributed by atoms with Crippen molar-refractivity contribution in [1.82, 2.24) is 39.9 Å². The Labute approximate surface area is 840 Å². The Kier molecular flexibility index (Phi) is 29.0. The average molecular weight is 2180 g/mol. The number of aryl methyl sites for hydroxylation is 3. The van der Waals surface area contributed by atoms with E-state index in [4.69, 9.17) is 62.9 Å². The average Bonchev–Trinajstić information content (AvgIpc) is 1.36. The summed E-state index contributed by atoms with van der Waals surface area (Å²) in [5.41, 5.74) is 17.1. The lowest BCUT2D eigenvalue weighted by atomic mass is 9.67. The van der Waals surface area contributed by atoms with Crippen LogP contribution >= 0.6 is 63.7 Å². The summed E-state index contributed by atoms with van der Waals surface area (Å²) in [6, 6.07) is 32.7. The first-order chi connectivity index (χ1) is 67.2. The van der Waals surface area contributed by atoms with Crippen LogP contribution in [0.15, 0.2) is 212 Å². The van der Waals surface area contributed by atoms with Crippen LogP contribution in [0.2, 0.25) is 0 Å². The van der Waals surface area contributed by atoms with E-state index in [1.165, 1.54) is 25.5 Å². The Morgan fingerprint density at radius 1 is 0.411 bits per heavy atom. The number of pyridine rings is 8. The molecule has 41 heteroatoms. The third kappa shape index (κ3) is 22.3. The molecule has 1 saturated carbocycles. The fourth-order valence-electron chi connectivity index (χ4n) is 18.1. The zero-order chi connectivity index (χ0) is 99.8. The summed E-state index contributed by atoms with van der Waals surface area (Å²) in [6.07, 6.45) is 18.8. The van der Waals surface area contributed by atoms with Crippen molar-refractivity contribution in [3.05, 3.63) is 271 Å². The second kappa shape index (κ2) is 40.9. The van der Waals surface area contributed by atoms with E-state index in [0.29, 0.717) is 64.9 Å². The summed E-state index contributed by atoms with van der Waals surface area (Å²) in [7, 11) is -0.307. The smallest absolute Gasteiger partial charge is 0.478 e. The summed E-state index contributed by atoms with van der Waals surface area (Å²) < 4.78 is 63.1. The molecule has 3 aromatic carbocycles. The number of furan rings is 2. The van der Waals surface area contributed by atoms with Crippen molar-refractivity contribution in [1.29, 1.82) is 0 Å². The predicted molar refractivity (Wildman–Crippen MR) is 542 cm³/mol. The van der Waals surface area contributed by atoms with Gasteiger partial charge in [0.1, 0.15) is 40.0 Å². The molecule has 5 spiro atoms. The number of aromatic nitrogens is 8. The topological polar surface area (TPSA) is 463 Å². The molecule has 13 aromatic rings. The van der Waals surface area contributed by atoms with Gasteiger partial charge in [-0.1, -0.05) is 6.42 Å². The van der Waals surface area contributed by atoms with Crippen molar-refractivity contribution in [2.75, 3.05) is 154 Å². The quantitative estimate of drug-likeness (QED) is 0.0294. The molecule has 10 N–H and O–H groups in total. The number of nitrogens with two attached hydrogens (primary N) is 1. The number of hydrogen-bond donors (Lipinski definition) is 9. The molecular weight excluding hydrogens is 2080 g/mol. The third-order valence-electron chi connectivity index (χ3n) is 26.9. The Morgan fingerprint density at radius 3 is 1.09 bits per heavy atom. The number of nitrogen functional groups attached to an aromatic ring is 1. The number of aromatic amines is 3. The van der Waals surface area contributed by atoms with Gasteiger partial charge in [0.05, 0.1) is 135 Å². The van der Waals surface area contributed by atoms with Gasteiger partial charge in [0.25, 0.3) is 11.8 Å². The number of carboxylic acids is 3. The van der Waals surface area contributed by atoms with Gasteiger partial charge in [0.2, 0.25) is 22.6 Å². The highest BCUT2D eigenvalue weighted by atomic mass is 79.9. The number of carbonyl (C=O) groups excluding carboxylic acids is 2. The van der Waals surface area contributed by atoms with Crippen molar-refractivity contribution in [2.24, 2.45) is 27.1 Å². The highest BCUT2D eigenvalue weighted by Gasteiger charge is 2.55. The minimum absolute atomic E-state index is 0.0743. The summed E-state index contributed by atoms with van der Waals surface area (Å²) in [4.78, 5) is 131. The first-order valence-electron chi connectivity index (χ1n) is 45.3. The van der Waals surface area contributed by atoms with Crippen molar-refractivity contribution < 1.29 is 85.5 Å². The first kappa shape index (κ1) is 100. The Balaban J connectivity index is 0.000000116. The Morgan fingerprint density at radius 2 is 0.752 bits per heavy atom. The zero-order valence-electron chi connectivity index (χ0n) is 77.9. The fraction of sp³-hybridized carbons (Fsp3) is 0.350. The number of aromatic carboxylic acids is 3. The van der Waals surface area contributed by atoms with E-state index in [-0.39, 0.29) is 79.6 Å². The number of carbonyl (C=O) groups is 5. The molecule has 11 aliphatic rings. The number of anilines is 7. The molecule has 11 fully saturated rings. The number of rotatable bonds is 13. The van der Waals surface area contributed by atoms with E-state index in [9.17, 15) is 42.7 Å². The van der Waals surface area contributed by atoms with Gasteiger partial charge in [-0.25, -0.2) is 39.3 Å². The predicted octanol–water partition coefficient (Wildman–Crippen LogP) is 15.3. The number of fused-ring (bicyclic) bond motifs is 3. The minimum Gasteiger partial charge on any atom is -0.478 e. The van der Waals surface area contributed by atoms with Crippen LogP contribution in [0.25, 0.3) is 43.8 Å². The van der Waals surface area contributed by atoms with E-state index in [2.05, 4.69) is 124 Å². The molecule has 10 saturated heterocycles. The van der Waals surface area contributed by atoms with Gasteiger partial charge in [-0.05, 0) is 239 Å². The zero-order valence-corrected chi connectivity index (χ0v) is 84.2. The molecule has 0 radical (unpaired) electrons. The lowest BCUT2D eigenvalue weighted by Gasteiger charge is -2.55. The minimum atomic E-state index is -1.32. The number of nitrogens with zero attached hydrogens (tertiary/aromatic N) is 9. The van der Waals surface area contributed by atoms with E-state index in [1.54, 1.807) is 117 Å². The number of hydrogen-bond acceptors (Lipinski definition) is 27. The van der Waals surface area contributed by atoms with Crippen LogP contribution in [0.4, 0.5) is 44.7 Å². The highest BCUT2D eigenvalue weighted by Crippen LogP contribution is 2.48. The summed E-state index contributed by atoms with van der Waals surface area (Å²) in [5.74, 6) is -2.19. The molecule has 35 nitrogen and oxygen atoms in total. The molecule has 24 rings (SSSR count). The maximum absolute atomic E-state index is 13.4. The maximum Gasteiger partial charge on any atom is 0.498 e. The number of carboxylic acid groups (broad SMARTS) is 3. The number of halogens is 5. The summed E-state index contributed by atoms with van der Waals surface area (Å²) in [5, 5.41) is 35.4. The van der Waals surface area contributed by atoms with Crippen LogP contribution in [0.1, 0.15) is 115 Å². The van der Waals surface area contributed by atoms with Gasteiger partial charge in [0.15, 0.2) is 0 Å². The monoisotopic (exact) mass is 2180 g/mol. The third-order valence-corrected chi connectivity index (χ3v) is 28.6. The second-order valence-electron chi connectivity index (χ2n) is 38.7. The molecule has 10 aliphatic heterocycles. The summed E-state index contributed by atoms with van der Waals surface area (Å²) in [6.45, 7) is 28.8. The number of H-pyrrole nitrogens is 3. The SMILES string of the molecule is C1CC2(C1)COC2.CC1(C)OB(c2ccoc2)OC1(C)C.Cc1cc(=O)[nH]c2ccc(N)cc12.Cc1cc(=O)[nH]c2ccc(NC(=O)c3cc(-c4ccoc4)cnc3N3CC4(COC4)C3)cc12.Cc1cc(=O)[nH]c2ccc(NC(=O)c3cc(Br)cnc3N3CC4(COC4)C3)cc12.O=C(O)c1cc(Br)cnc1F.O=C(O)c1cc(Br)cnc1N1CC2(COC2)C1.O=C(O)c1cc(Br)cnc1N1CC2(COC2)C1. The normalized spacial score (nSPS) is 18.2. The first-order valence-corrected chi connectivity index (χ1v) is 48.5. The molecule has 0 bridgehead atoms. The van der Waals surface area contributed by atoms with Crippen LogP contribution in [0.5, 0.6) is 0 Å². The van der Waals surface area contributed by atoms with Crippen LogP contribution in [-0.2, 0) is 33.0 Å². The Hall–Kier alpha value is -12.4. The van der Waals surface area contributed by atoms with E-state index < -0.39 is 29.4 Å². The van der Waals surface area contributed by atoms with Gasteiger partial charge < -0.3 is 108 Å². The van der Waals surface area contributed by atoms with Crippen molar-refractivity contribution in [3.63, 3.8) is 0 Å². The molecule has 0 unspecified atom stereocenters. The van der Waals surface area contributed by atoms with Gasteiger partial charge in [-0.15, -0.1) is 0 Å². The molecule has 0 atom stereocenters. The van der Waals surface area contributed by atoms with E-state index in [0.717, 1.165) is 200 Å². The Bertz CT molecular complexity index is 7000. The lowest BCUT2D eigenvalue weighted by Crippen LogP contribution is -2.66. The fourth-order valence-corrected chi connectivity index (χ4v) is 19.4. The molecular formula is C100H101BBr4FN15O20. The lowest BCUT2D eigenvalue weighted by molar-refractivity contribution is -0.155. The number of benzene rings is 3. The van der Waals surface area contributed by atoms with E-state index in [1.807, 2.05) is 101 Å². The number of amides is 2. The number of ether oxygens (including phenoxy) is 5. The van der Waals surface area contributed by atoms with Crippen LogP contribution < -0.4 is 58.1 Å². The van der Waals surface area contributed by atoms with Gasteiger partial charge in [-0.3, -0.25) is 24.0 Å². The molecule has 20 heterocycles. The summed E-state index contributed by atoms with van der Waals surface area (Å²) >= 11 is 12.9. The van der Waals surface area contributed by atoms with Crippen molar-refractivity contribution in [3.8, 4) is 11.1 Å². The van der Waals surface area contributed by atoms with Crippen LogP contribution in [0.3, 0.4) is 0 Å². The number of nitrogens with one attached hydrogen (secondary N) is 5. The largest absolute Gasteiger partial charge is 0.498 e. The van der Waals surface area contributed by atoms with Crippen LogP contribution in [-0.4, -0.2) is 222 Å². The molecule has 734 valence electrons. The highest BCUT2D eigenvalue weighted by molar-refractivity contribution is 9.11. The maximum atomic E-state index is 13.4. The molecule has 10 aromatic heterocycles. The molecule has 2 amide bonds. The standard InChI is InChI=1S/C25H22N4O4.C21H19BrN4O3.2C11H11BrN2O3.C10H15BO3.C10H10N2O.C6H3BrFNO2.C6H10O/c1-15-6-22(30)28-21-3-2-18(8-19(15)21)27-24(31)20-7-17(16-4-5-32-10-16)9-26-23(20)29-11-25(12-29)13-33-14-25;1-12-4-18(27)25-17-3-2-14(6-15(12)17)24-20(28)16-5-13(22)7-23-19(16)26-8-21(9-26)10-29-11-21;2*12-7-1-8(10(15)16)9(13-2-7)14-3-11(4-14)5-17-6-11;1-9(2)10(3,4)14-11(13-9)8-5-6-12-7-8;1-6-4-10(13)12-9-3-2-7(11)5-8(6)9;7-3-1-4(6(10)11)5(8)9-2-3;1-2-6(3-1)4-7-5-6/h2-10H,11-14H2,1H3,(H,27,31)(H,28,30);2-7H,8-11H2,1H3,(H,24,28)(H,25,27);2*1-2H,3-6H2,(H,15,16);5-7H,1-4H3;2-5H,11H2,1H3,(H,12,13);1-2H,(H,10,11);1-5H2. The van der Waals surface area contributed by atoms with Crippen LogP contribution in [0, 0.1) is 53.8 Å².